The minimum absolute atomic E-state index is 0.00422. The molecule has 25 atom stereocenters. The Kier molecular flexibility index (Phi) is 43.6. The second kappa shape index (κ2) is 52.9. The Bertz CT molecular complexity index is 3530. The Hall–Kier alpha value is -6.17. The molecule has 0 aromatic carbocycles. The predicted octanol–water partition coefficient (Wildman–Crippen LogP) is 20.6. The molecule has 25 unspecified atom stereocenters. The zero-order valence-electron chi connectivity index (χ0n) is 79.8. The van der Waals surface area contributed by atoms with Crippen LogP contribution in [0.2, 0.25) is 0 Å². The van der Waals surface area contributed by atoms with Crippen molar-refractivity contribution in [3.05, 3.63) is 0 Å². The molecule has 0 N–H and O–H groups in total. The Morgan fingerprint density at radius 2 is 0.717 bits per heavy atom. The summed E-state index contributed by atoms with van der Waals surface area (Å²) in [6.45, 7) is 23.0. The largest absolute Gasteiger partial charge is 0.465 e. The molecule has 11 aliphatic rings. The molecule has 24 nitrogen and oxygen atoms in total. The van der Waals surface area contributed by atoms with Crippen LogP contribution in [-0.2, 0) is 114 Å². The van der Waals surface area contributed by atoms with Gasteiger partial charge in [0.05, 0.1) is 103 Å². The Balaban J connectivity index is 0.000000218. The van der Waals surface area contributed by atoms with Crippen LogP contribution in [-0.4, -0.2) is 140 Å². The van der Waals surface area contributed by atoms with Crippen LogP contribution >= 0.6 is 0 Å². The number of esters is 12. The molecule has 0 amide bonds. The maximum atomic E-state index is 13.5. The fourth-order valence-corrected chi connectivity index (χ4v) is 22.9. The van der Waals surface area contributed by atoms with E-state index in [4.69, 9.17) is 52.1 Å². The van der Waals surface area contributed by atoms with E-state index < -0.39 is 71.3 Å². The van der Waals surface area contributed by atoms with Crippen LogP contribution in [0.25, 0.3) is 0 Å². The van der Waals surface area contributed by atoms with E-state index in [1.807, 2.05) is 20.8 Å². The molecule has 6 saturated carbocycles. The standard InChI is InChI=1S/C42H72O8.C31H46O10.C30H46O6/c1-5-7-9-11-13-14-16-18-28-48-40(44)34(23-19-22-32(4)39(43)47-27-17-15-12-10-8-6-2)29-36-35(41(45)50-42(36)46)24-20-21-31(3)33-25-26-37-38(30-33)49-37;1-5-22(28(35)40-25-17-21-12-13-31(25,4)18-21)9-7-11-24-23(29(36)41-30(24)37)10-6-8-19(2)27(34)39-15-14-38-26(33)16-20(3)32;1-4-20(27(31)35-26-15-19-13-14-30(26,3)17-19)8-6-10-23-22(28(32)36-29(23)33)9-5-7-18(2)21-11-12-24-25(16-21)34-24/h31-38H,5-30H2,1-4H3;19,21-25H,5-18H2,1-4H3;18-26H,4-17H2,1-3H3. The molecule has 24 heteroatoms. The monoisotopic (exact) mass is 1790 g/mol. The van der Waals surface area contributed by atoms with Gasteiger partial charge in [-0.05, 0) is 229 Å². The van der Waals surface area contributed by atoms with Gasteiger partial charge in [0.15, 0.2) is 0 Å². The van der Waals surface area contributed by atoms with Crippen molar-refractivity contribution in [3.63, 3.8) is 0 Å². The number of ketones is 1. The van der Waals surface area contributed by atoms with Crippen LogP contribution in [0.15, 0.2) is 0 Å². The molecule has 720 valence electrons. The first-order valence-electron chi connectivity index (χ1n) is 51.1. The van der Waals surface area contributed by atoms with E-state index in [-0.39, 0.29) is 120 Å². The number of fused-ring (bicyclic) bond motifs is 6. The maximum absolute atomic E-state index is 13.5. The third kappa shape index (κ3) is 32.9. The lowest BCUT2D eigenvalue weighted by Gasteiger charge is -2.32. The van der Waals surface area contributed by atoms with Crippen LogP contribution < -0.4 is 0 Å². The van der Waals surface area contributed by atoms with E-state index in [9.17, 15) is 62.3 Å². The minimum atomic E-state index is -0.663. The Morgan fingerprint density at radius 3 is 1.10 bits per heavy atom. The van der Waals surface area contributed by atoms with Crippen molar-refractivity contribution in [2.45, 2.75) is 434 Å². The highest BCUT2D eigenvalue weighted by Gasteiger charge is 2.54. The van der Waals surface area contributed by atoms with Gasteiger partial charge in [-0.25, -0.2) is 0 Å². The van der Waals surface area contributed by atoms with Gasteiger partial charge in [0.2, 0.25) is 0 Å². The van der Waals surface area contributed by atoms with E-state index in [1.54, 1.807) is 6.92 Å². The van der Waals surface area contributed by atoms with E-state index >= 15 is 0 Å². The molecule has 5 heterocycles. The maximum Gasteiger partial charge on any atom is 0.317 e. The van der Waals surface area contributed by atoms with Crippen molar-refractivity contribution in [2.75, 3.05) is 26.4 Å². The number of carbonyl (C=O) groups excluding carboxylic acids is 13. The zero-order valence-corrected chi connectivity index (χ0v) is 79.8. The predicted molar refractivity (Wildman–Crippen MR) is 477 cm³/mol. The fourth-order valence-electron chi connectivity index (χ4n) is 22.9. The average Bonchev–Trinajstić information content (AvgIpc) is 1.62. The van der Waals surface area contributed by atoms with Crippen LogP contribution in [0.4, 0.5) is 0 Å². The summed E-state index contributed by atoms with van der Waals surface area (Å²) in [5.74, 6) is -5.45. The van der Waals surface area contributed by atoms with Crippen molar-refractivity contribution in [1.29, 1.82) is 0 Å². The van der Waals surface area contributed by atoms with Gasteiger partial charge in [-0.1, -0.05) is 198 Å². The first kappa shape index (κ1) is 105. The molecule has 0 aromatic rings. The van der Waals surface area contributed by atoms with Gasteiger partial charge in [-0.15, -0.1) is 0 Å². The number of epoxide rings is 2. The third-order valence-corrected chi connectivity index (χ3v) is 31.6. The number of ether oxygens (including phenoxy) is 11. The molecule has 5 saturated heterocycles. The second-order valence-corrected chi connectivity index (χ2v) is 41.6. The number of carbonyl (C=O) groups is 13. The van der Waals surface area contributed by atoms with Gasteiger partial charge < -0.3 is 52.1 Å². The SMILES string of the molecule is CCC(CCCC1C(=O)OC(=O)C1CCCC(C)C(=O)OCCOC(=O)CC(C)=O)C(=O)OC1CC2CCC1(C)C2.CCC(CCCC1C(=O)OC(=O)C1CCCC(C)C1CCC2OC2C1)C(=O)OC1CC2CCC1(C)C2.CCCCCCCCCCOC(=O)C(CCCC(C)C(=O)OCCCCCCCC)CC1C(=O)OC(=O)C1CCCC(C)C1CCC2OC2C1. The van der Waals surface area contributed by atoms with Crippen molar-refractivity contribution >= 4 is 77.4 Å². The highest BCUT2D eigenvalue weighted by Crippen LogP contribution is 2.57. The van der Waals surface area contributed by atoms with Crippen LogP contribution in [0.1, 0.15) is 397 Å². The number of rotatable bonds is 58. The summed E-state index contributed by atoms with van der Waals surface area (Å²) in [4.78, 5) is 162. The molecule has 11 fully saturated rings. The zero-order chi connectivity index (χ0) is 91.7. The molecule has 0 radical (unpaired) electrons. The first-order chi connectivity index (χ1) is 60.9. The van der Waals surface area contributed by atoms with Gasteiger partial charge in [0.1, 0.15) is 37.6 Å². The summed E-state index contributed by atoms with van der Waals surface area (Å²) in [7, 11) is 0. The molecular weight excluding hydrogens is 1620 g/mol. The summed E-state index contributed by atoms with van der Waals surface area (Å²) in [6.07, 6.45) is 47.8. The quantitative estimate of drug-likeness (QED) is 0.0179. The number of unbranched alkanes of at least 4 members (excludes halogenated alkanes) is 12. The minimum Gasteiger partial charge on any atom is -0.465 e. The van der Waals surface area contributed by atoms with Crippen LogP contribution in [0, 0.1) is 111 Å². The molecule has 4 bridgehead atoms. The van der Waals surface area contributed by atoms with E-state index in [1.165, 1.54) is 116 Å². The molecule has 0 aromatic heterocycles. The van der Waals surface area contributed by atoms with Crippen LogP contribution in [0.3, 0.4) is 0 Å². The highest BCUT2D eigenvalue weighted by molar-refractivity contribution is 5.98. The summed E-state index contributed by atoms with van der Waals surface area (Å²) >= 11 is 0. The summed E-state index contributed by atoms with van der Waals surface area (Å²) in [5.41, 5.74) is 0.280. The molecule has 5 aliphatic heterocycles. The normalized spacial score (nSPS) is 30.3. The molecule has 6 aliphatic carbocycles. The summed E-state index contributed by atoms with van der Waals surface area (Å²) in [6, 6.07) is 0. The van der Waals surface area contributed by atoms with Gasteiger partial charge in [-0.2, -0.15) is 0 Å². The summed E-state index contributed by atoms with van der Waals surface area (Å²) in [5, 5.41) is 0. The fraction of sp³-hybridized carbons (Fsp3) is 0.874. The third-order valence-electron chi connectivity index (χ3n) is 31.6. The van der Waals surface area contributed by atoms with Crippen molar-refractivity contribution in [1.82, 2.24) is 0 Å². The van der Waals surface area contributed by atoms with Crippen molar-refractivity contribution in [2.24, 2.45) is 111 Å². The molecule has 11 rings (SSSR count). The van der Waals surface area contributed by atoms with Gasteiger partial charge in [0.25, 0.3) is 0 Å². The Labute approximate surface area is 759 Å². The lowest BCUT2D eigenvalue weighted by Crippen LogP contribution is -2.34. The number of cyclic esters (lactones) is 6. The van der Waals surface area contributed by atoms with E-state index in [2.05, 4.69) is 41.5 Å². The van der Waals surface area contributed by atoms with Gasteiger partial charge in [0, 0.05) is 10.8 Å². The van der Waals surface area contributed by atoms with Crippen LogP contribution in [0.5, 0.6) is 0 Å². The average molecular weight is 1790 g/mol. The first-order valence-corrected chi connectivity index (χ1v) is 51.1. The van der Waals surface area contributed by atoms with Crippen molar-refractivity contribution in [3.8, 4) is 0 Å². The number of hydrogen-bond donors (Lipinski definition) is 0. The van der Waals surface area contributed by atoms with Crippen molar-refractivity contribution < 1.29 is 114 Å². The van der Waals surface area contributed by atoms with E-state index in [0.29, 0.717) is 145 Å². The van der Waals surface area contributed by atoms with Gasteiger partial charge in [-0.3, -0.25) is 62.3 Å². The highest BCUT2D eigenvalue weighted by atomic mass is 16.6. The Morgan fingerprint density at radius 1 is 0.362 bits per heavy atom. The second-order valence-electron chi connectivity index (χ2n) is 41.6. The molecular formula is C103H164O24. The number of Topliss-reactive ketones (excluding diaryl/α,β-unsaturated/α-hetero) is 1. The lowest BCUT2D eigenvalue weighted by atomic mass is 9.77. The molecule has 0 spiro atoms. The summed E-state index contributed by atoms with van der Waals surface area (Å²) < 4.78 is 59.8. The number of hydrogen-bond acceptors (Lipinski definition) is 24. The van der Waals surface area contributed by atoms with Gasteiger partial charge >= 0.3 is 71.6 Å². The van der Waals surface area contributed by atoms with E-state index in [0.717, 1.165) is 127 Å². The molecule has 127 heavy (non-hydrogen) atoms. The smallest absolute Gasteiger partial charge is 0.317 e. The topological polar surface area (TPSA) is 330 Å². The lowest BCUT2D eigenvalue weighted by molar-refractivity contribution is -0.161.